The number of carbonyl (C=O) groups excluding carboxylic acids is 2. The lowest BCUT2D eigenvalue weighted by atomic mass is 9.96. The van der Waals surface area contributed by atoms with E-state index in [0.717, 1.165) is 37.3 Å². The summed E-state index contributed by atoms with van der Waals surface area (Å²) in [6.07, 6.45) is 4.17. The standard InChI is InChI=1S/C18H29N5O2/c1-3-22(4-2)17(24)14-6-5-9-23(12-14)18(25)19-11-15-10-16(21-20-15)13-7-8-13/h10,13-14H,3-9,11-12H2,1-2H3,(H,19,25)(H,20,21)/t14-/m1/s1. The zero-order valence-electron chi connectivity index (χ0n) is 15.3. The number of nitrogens with zero attached hydrogens (tertiary/aromatic N) is 3. The lowest BCUT2D eigenvalue weighted by Gasteiger charge is -2.34. The van der Waals surface area contributed by atoms with Crippen LogP contribution in [0.15, 0.2) is 6.07 Å². The van der Waals surface area contributed by atoms with E-state index in [0.29, 0.717) is 25.6 Å². The molecule has 0 spiro atoms. The molecule has 2 aliphatic rings. The molecule has 0 radical (unpaired) electrons. The van der Waals surface area contributed by atoms with Crippen molar-refractivity contribution < 1.29 is 9.59 Å². The van der Waals surface area contributed by atoms with E-state index in [1.54, 1.807) is 4.90 Å². The highest BCUT2D eigenvalue weighted by Crippen LogP contribution is 2.38. The average Bonchev–Trinajstić information content (AvgIpc) is 3.39. The number of hydrogen-bond acceptors (Lipinski definition) is 3. The Morgan fingerprint density at radius 2 is 2.08 bits per heavy atom. The van der Waals surface area contributed by atoms with E-state index in [1.807, 2.05) is 24.8 Å². The Kier molecular flexibility index (Phi) is 5.60. The van der Waals surface area contributed by atoms with Gasteiger partial charge in [-0.05, 0) is 45.6 Å². The van der Waals surface area contributed by atoms with Crippen LogP contribution in [-0.4, -0.2) is 58.1 Å². The minimum absolute atomic E-state index is 0.0759. The van der Waals surface area contributed by atoms with E-state index in [1.165, 1.54) is 12.8 Å². The maximum absolute atomic E-state index is 12.5. The van der Waals surface area contributed by atoms with Crippen molar-refractivity contribution in [1.82, 2.24) is 25.3 Å². The lowest BCUT2D eigenvalue weighted by Crippen LogP contribution is -2.49. The summed E-state index contributed by atoms with van der Waals surface area (Å²) in [5.41, 5.74) is 2.04. The van der Waals surface area contributed by atoms with E-state index in [4.69, 9.17) is 0 Å². The molecule has 3 amide bonds. The average molecular weight is 347 g/mol. The first kappa shape index (κ1) is 17.8. The van der Waals surface area contributed by atoms with Crippen molar-refractivity contribution in [3.63, 3.8) is 0 Å². The Hall–Kier alpha value is -2.05. The largest absolute Gasteiger partial charge is 0.343 e. The van der Waals surface area contributed by atoms with Crippen molar-refractivity contribution in [2.24, 2.45) is 5.92 Å². The molecular formula is C18H29N5O2. The van der Waals surface area contributed by atoms with Gasteiger partial charge in [-0.2, -0.15) is 5.10 Å². The molecule has 1 saturated heterocycles. The van der Waals surface area contributed by atoms with Crippen molar-refractivity contribution in [3.8, 4) is 0 Å². The highest BCUT2D eigenvalue weighted by atomic mass is 16.2. The zero-order valence-corrected chi connectivity index (χ0v) is 15.3. The van der Waals surface area contributed by atoms with Gasteiger partial charge in [0.25, 0.3) is 0 Å². The molecule has 1 aromatic rings. The van der Waals surface area contributed by atoms with Crippen LogP contribution in [0.5, 0.6) is 0 Å². The van der Waals surface area contributed by atoms with Crippen LogP contribution in [0.1, 0.15) is 56.8 Å². The van der Waals surface area contributed by atoms with Crippen LogP contribution < -0.4 is 5.32 Å². The summed E-state index contributed by atoms with van der Waals surface area (Å²) in [7, 11) is 0. The van der Waals surface area contributed by atoms with Gasteiger partial charge in [0.15, 0.2) is 0 Å². The van der Waals surface area contributed by atoms with Crippen LogP contribution in [0.4, 0.5) is 4.79 Å². The second-order valence-corrected chi connectivity index (χ2v) is 7.05. The topological polar surface area (TPSA) is 81.3 Å². The summed E-state index contributed by atoms with van der Waals surface area (Å²) in [5, 5.41) is 10.2. The van der Waals surface area contributed by atoms with E-state index < -0.39 is 0 Å². The van der Waals surface area contributed by atoms with E-state index in [2.05, 4.69) is 15.5 Å². The Bertz CT molecular complexity index is 606. The number of amides is 3. The second kappa shape index (κ2) is 7.89. The quantitative estimate of drug-likeness (QED) is 0.827. The third-order valence-corrected chi connectivity index (χ3v) is 5.21. The molecule has 0 aromatic carbocycles. The number of hydrogen-bond donors (Lipinski definition) is 2. The number of likely N-dealkylation sites (tertiary alicyclic amines) is 1. The molecular weight excluding hydrogens is 318 g/mol. The predicted molar refractivity (Wildman–Crippen MR) is 95.0 cm³/mol. The summed E-state index contributed by atoms with van der Waals surface area (Å²) in [4.78, 5) is 28.6. The van der Waals surface area contributed by atoms with E-state index in [9.17, 15) is 9.59 Å². The molecule has 138 valence electrons. The smallest absolute Gasteiger partial charge is 0.317 e. The molecule has 1 aliphatic carbocycles. The van der Waals surface area contributed by atoms with Gasteiger partial charge in [-0.3, -0.25) is 9.89 Å². The number of urea groups is 1. The number of aromatic nitrogens is 2. The number of aromatic amines is 1. The number of nitrogens with one attached hydrogen (secondary N) is 2. The summed E-state index contributed by atoms with van der Waals surface area (Å²) < 4.78 is 0. The zero-order chi connectivity index (χ0) is 17.8. The first-order chi connectivity index (χ1) is 12.1. The molecule has 2 heterocycles. The van der Waals surface area contributed by atoms with Gasteiger partial charge < -0.3 is 15.1 Å². The molecule has 1 saturated carbocycles. The third-order valence-electron chi connectivity index (χ3n) is 5.21. The molecule has 0 unspecified atom stereocenters. The molecule has 7 nitrogen and oxygen atoms in total. The van der Waals surface area contributed by atoms with Crippen molar-refractivity contribution in [2.75, 3.05) is 26.2 Å². The Morgan fingerprint density at radius 3 is 2.76 bits per heavy atom. The predicted octanol–water partition coefficient (Wildman–Crippen LogP) is 2.08. The normalized spacial score (nSPS) is 20.4. The minimum Gasteiger partial charge on any atom is -0.343 e. The summed E-state index contributed by atoms with van der Waals surface area (Å²) in [5.74, 6) is 0.702. The maximum atomic E-state index is 12.5. The Morgan fingerprint density at radius 1 is 1.32 bits per heavy atom. The summed E-state index contributed by atoms with van der Waals surface area (Å²) >= 11 is 0. The molecule has 25 heavy (non-hydrogen) atoms. The summed E-state index contributed by atoms with van der Waals surface area (Å²) in [6.45, 7) is 7.11. The highest BCUT2D eigenvalue weighted by molar-refractivity contribution is 5.81. The van der Waals surface area contributed by atoms with Gasteiger partial charge >= 0.3 is 6.03 Å². The fourth-order valence-electron chi connectivity index (χ4n) is 3.50. The Balaban J connectivity index is 1.49. The monoisotopic (exact) mass is 347 g/mol. The molecule has 1 atom stereocenters. The molecule has 2 N–H and O–H groups in total. The molecule has 3 rings (SSSR count). The molecule has 2 fully saturated rings. The van der Waals surface area contributed by atoms with Crippen LogP contribution in [0.2, 0.25) is 0 Å². The summed E-state index contributed by atoms with van der Waals surface area (Å²) in [6, 6.07) is 1.94. The van der Waals surface area contributed by atoms with Gasteiger partial charge in [0.05, 0.1) is 23.9 Å². The van der Waals surface area contributed by atoms with Crippen LogP contribution in [-0.2, 0) is 11.3 Å². The van der Waals surface area contributed by atoms with Gasteiger partial charge in [-0.15, -0.1) is 0 Å². The van der Waals surface area contributed by atoms with Crippen molar-refractivity contribution in [1.29, 1.82) is 0 Å². The molecule has 1 aromatic heterocycles. The fraction of sp³-hybridized carbons (Fsp3) is 0.722. The van der Waals surface area contributed by atoms with Gasteiger partial charge in [-0.25, -0.2) is 4.79 Å². The van der Waals surface area contributed by atoms with Crippen LogP contribution in [0, 0.1) is 5.92 Å². The maximum Gasteiger partial charge on any atom is 0.317 e. The Labute approximate surface area is 149 Å². The van der Waals surface area contributed by atoms with E-state index in [-0.39, 0.29) is 17.9 Å². The van der Waals surface area contributed by atoms with Crippen LogP contribution in [0.25, 0.3) is 0 Å². The number of carbonyl (C=O) groups is 2. The fourth-order valence-corrected chi connectivity index (χ4v) is 3.50. The third kappa shape index (κ3) is 4.32. The van der Waals surface area contributed by atoms with Gasteiger partial charge in [0, 0.05) is 32.1 Å². The van der Waals surface area contributed by atoms with Crippen molar-refractivity contribution >= 4 is 11.9 Å². The van der Waals surface area contributed by atoms with E-state index >= 15 is 0 Å². The SMILES string of the molecule is CCN(CC)C(=O)[C@@H]1CCCN(C(=O)NCc2cc(C3CC3)n[nH]2)C1. The van der Waals surface area contributed by atoms with Gasteiger partial charge in [0.2, 0.25) is 5.91 Å². The molecule has 7 heteroatoms. The van der Waals surface area contributed by atoms with Gasteiger partial charge in [-0.1, -0.05) is 0 Å². The van der Waals surface area contributed by atoms with Gasteiger partial charge in [0.1, 0.15) is 0 Å². The first-order valence-corrected chi connectivity index (χ1v) is 9.48. The molecule has 0 bridgehead atoms. The van der Waals surface area contributed by atoms with Crippen molar-refractivity contribution in [2.45, 2.75) is 52.0 Å². The van der Waals surface area contributed by atoms with Crippen molar-refractivity contribution in [3.05, 3.63) is 17.5 Å². The van der Waals surface area contributed by atoms with Crippen LogP contribution in [0.3, 0.4) is 0 Å². The number of rotatable bonds is 6. The number of H-pyrrole nitrogens is 1. The minimum atomic E-state index is -0.0976. The lowest BCUT2D eigenvalue weighted by molar-refractivity contribution is -0.136. The van der Waals surface area contributed by atoms with Crippen LogP contribution >= 0.6 is 0 Å². The first-order valence-electron chi connectivity index (χ1n) is 9.48. The highest BCUT2D eigenvalue weighted by Gasteiger charge is 2.30. The second-order valence-electron chi connectivity index (χ2n) is 7.05. The number of piperidine rings is 1. The molecule has 1 aliphatic heterocycles.